The van der Waals surface area contributed by atoms with E-state index >= 15 is 0 Å². The van der Waals surface area contributed by atoms with Crippen molar-refractivity contribution >= 4 is 23.4 Å². The topological polar surface area (TPSA) is 93.5 Å². The summed E-state index contributed by atoms with van der Waals surface area (Å²) in [7, 11) is 1.60. The Morgan fingerprint density at radius 3 is 2.79 bits per heavy atom. The van der Waals surface area contributed by atoms with Gasteiger partial charge in [-0.2, -0.15) is 4.98 Å². The summed E-state index contributed by atoms with van der Waals surface area (Å²) in [6.07, 6.45) is 0. The number of hydrogen-bond acceptors (Lipinski definition) is 6. The summed E-state index contributed by atoms with van der Waals surface area (Å²) in [5.74, 6) is 0.934. The van der Waals surface area contributed by atoms with Crippen molar-refractivity contribution in [3.8, 4) is 0 Å². The molecule has 9 heteroatoms. The van der Waals surface area contributed by atoms with Gasteiger partial charge in [0.25, 0.3) is 0 Å². The molecule has 0 aliphatic carbocycles. The molecule has 0 aliphatic rings. The maximum atomic E-state index is 11.2. The maximum Gasteiger partial charge on any atom is 0.339 e. The van der Waals surface area contributed by atoms with Gasteiger partial charge in [0.2, 0.25) is 0 Å². The van der Waals surface area contributed by atoms with E-state index in [9.17, 15) is 9.59 Å². The first-order valence-corrected chi connectivity index (χ1v) is 6.62. The van der Waals surface area contributed by atoms with E-state index in [0.717, 1.165) is 5.69 Å². The van der Waals surface area contributed by atoms with Crippen molar-refractivity contribution in [1.29, 1.82) is 0 Å². The molecule has 1 N–H and O–H groups in total. The normalized spacial score (nSPS) is 10.7. The third-order valence-electron chi connectivity index (χ3n) is 2.15. The average molecular weight is 300 g/mol. The Morgan fingerprint density at radius 2 is 2.11 bits per heavy atom. The van der Waals surface area contributed by atoms with Gasteiger partial charge in [0.05, 0.1) is 5.75 Å². The zero-order chi connectivity index (χ0) is 14.0. The SMILES string of the molecule is Cc1cc(Cl)nc(CSc2nc(=O)c(=O)[nH]n2C)n1. The highest BCUT2D eigenvalue weighted by Crippen LogP contribution is 2.17. The lowest BCUT2D eigenvalue weighted by molar-refractivity contribution is 0.596. The molecule has 0 radical (unpaired) electrons. The van der Waals surface area contributed by atoms with Crippen molar-refractivity contribution in [3.63, 3.8) is 0 Å². The molecule has 0 fully saturated rings. The van der Waals surface area contributed by atoms with Crippen LogP contribution in [0.5, 0.6) is 0 Å². The fraction of sp³-hybridized carbons (Fsp3) is 0.300. The first kappa shape index (κ1) is 13.8. The molecular weight excluding hydrogens is 290 g/mol. The first-order valence-electron chi connectivity index (χ1n) is 5.26. The highest BCUT2D eigenvalue weighted by Gasteiger charge is 2.07. The summed E-state index contributed by atoms with van der Waals surface area (Å²) in [4.78, 5) is 34.2. The fourth-order valence-corrected chi connectivity index (χ4v) is 2.40. The summed E-state index contributed by atoms with van der Waals surface area (Å²) in [6.45, 7) is 1.82. The Balaban J connectivity index is 2.21. The predicted molar refractivity (Wildman–Crippen MR) is 71.4 cm³/mol. The molecule has 0 unspecified atom stereocenters. The Hall–Kier alpha value is -1.67. The van der Waals surface area contributed by atoms with Crippen molar-refractivity contribution in [2.75, 3.05) is 0 Å². The lowest BCUT2D eigenvalue weighted by Crippen LogP contribution is -2.33. The largest absolute Gasteiger partial charge is 0.339 e. The first-order chi connectivity index (χ1) is 8.95. The number of nitrogens with one attached hydrogen (secondary N) is 1. The molecule has 0 amide bonds. The van der Waals surface area contributed by atoms with Crippen LogP contribution in [-0.4, -0.2) is 24.7 Å². The zero-order valence-corrected chi connectivity index (χ0v) is 11.7. The quantitative estimate of drug-likeness (QED) is 0.504. The van der Waals surface area contributed by atoms with E-state index in [4.69, 9.17) is 11.6 Å². The van der Waals surface area contributed by atoms with E-state index in [1.54, 1.807) is 13.1 Å². The Kier molecular flexibility index (Phi) is 4.01. The number of hydrogen-bond donors (Lipinski definition) is 1. The molecule has 0 aromatic carbocycles. The number of rotatable bonds is 3. The molecule has 7 nitrogen and oxygen atoms in total. The molecule has 2 rings (SSSR count). The minimum absolute atomic E-state index is 0.367. The van der Waals surface area contributed by atoms with Crippen molar-refractivity contribution in [1.82, 2.24) is 24.7 Å². The minimum Gasteiger partial charge on any atom is -0.265 e. The van der Waals surface area contributed by atoms with Gasteiger partial charge in [-0.3, -0.25) is 19.4 Å². The van der Waals surface area contributed by atoms with Crippen molar-refractivity contribution in [2.24, 2.45) is 7.05 Å². The van der Waals surface area contributed by atoms with E-state index in [1.165, 1.54) is 16.4 Å². The van der Waals surface area contributed by atoms with Crippen LogP contribution in [0.3, 0.4) is 0 Å². The zero-order valence-electron chi connectivity index (χ0n) is 10.2. The number of aryl methyl sites for hydroxylation is 2. The number of nitrogens with zero attached hydrogens (tertiary/aromatic N) is 4. The van der Waals surface area contributed by atoms with Crippen LogP contribution in [0.2, 0.25) is 5.15 Å². The molecule has 0 spiro atoms. The van der Waals surface area contributed by atoms with Gasteiger partial charge in [0.15, 0.2) is 5.16 Å². The lowest BCUT2D eigenvalue weighted by atomic mass is 10.4. The molecule has 100 valence electrons. The monoisotopic (exact) mass is 299 g/mol. The molecule has 2 heterocycles. The highest BCUT2D eigenvalue weighted by molar-refractivity contribution is 7.98. The second-order valence-electron chi connectivity index (χ2n) is 3.74. The molecule has 19 heavy (non-hydrogen) atoms. The van der Waals surface area contributed by atoms with E-state index in [-0.39, 0.29) is 0 Å². The molecule has 2 aromatic heterocycles. The summed E-state index contributed by atoms with van der Waals surface area (Å²) in [5, 5.41) is 3.11. The predicted octanol–water partition coefficient (Wildman–Crippen LogP) is 0.513. The van der Waals surface area contributed by atoms with Crippen LogP contribution in [0.25, 0.3) is 0 Å². The van der Waals surface area contributed by atoms with Crippen LogP contribution in [0.4, 0.5) is 0 Å². The van der Waals surface area contributed by atoms with Gasteiger partial charge >= 0.3 is 11.1 Å². The Morgan fingerprint density at radius 1 is 1.37 bits per heavy atom. The van der Waals surface area contributed by atoms with Gasteiger partial charge in [-0.15, -0.1) is 0 Å². The van der Waals surface area contributed by atoms with Crippen LogP contribution >= 0.6 is 23.4 Å². The minimum atomic E-state index is -0.816. The number of aromatic amines is 1. The molecular formula is C10H10ClN5O2S. The highest BCUT2D eigenvalue weighted by atomic mass is 35.5. The third kappa shape index (κ3) is 3.42. The summed E-state index contributed by atoms with van der Waals surface area (Å²) in [6, 6.07) is 1.66. The smallest absolute Gasteiger partial charge is 0.265 e. The van der Waals surface area contributed by atoms with Gasteiger partial charge in [-0.05, 0) is 13.0 Å². The fourth-order valence-electron chi connectivity index (χ4n) is 1.37. The van der Waals surface area contributed by atoms with Gasteiger partial charge in [-0.25, -0.2) is 9.97 Å². The summed E-state index contributed by atoms with van der Waals surface area (Å²) >= 11 is 7.07. The van der Waals surface area contributed by atoms with Gasteiger partial charge in [0, 0.05) is 12.7 Å². The average Bonchev–Trinajstić information content (AvgIpc) is 2.31. The standard InChI is InChI=1S/C10H10ClN5O2S/c1-5-3-6(11)13-7(12-5)4-19-10-14-8(17)9(18)15-16(10)2/h3H,4H2,1-2H3,(H,15,18). The molecule has 0 aliphatic heterocycles. The molecule has 0 bridgehead atoms. The van der Waals surface area contributed by atoms with Crippen LogP contribution in [0.15, 0.2) is 20.8 Å². The lowest BCUT2D eigenvalue weighted by Gasteiger charge is -2.05. The number of halogens is 1. The number of aromatic nitrogens is 5. The summed E-state index contributed by atoms with van der Waals surface area (Å²) in [5.41, 5.74) is -0.801. The van der Waals surface area contributed by atoms with E-state index < -0.39 is 11.1 Å². The van der Waals surface area contributed by atoms with E-state index in [0.29, 0.717) is 21.9 Å². The second-order valence-corrected chi connectivity index (χ2v) is 5.07. The van der Waals surface area contributed by atoms with Crippen LogP contribution in [0.1, 0.15) is 11.5 Å². The van der Waals surface area contributed by atoms with Crippen LogP contribution in [0, 0.1) is 6.92 Å². The molecule has 0 atom stereocenters. The molecule has 0 saturated carbocycles. The Labute approximate surface area is 117 Å². The van der Waals surface area contributed by atoms with E-state index in [1.807, 2.05) is 6.92 Å². The van der Waals surface area contributed by atoms with Crippen molar-refractivity contribution in [2.45, 2.75) is 17.8 Å². The number of thioether (sulfide) groups is 1. The van der Waals surface area contributed by atoms with Gasteiger partial charge < -0.3 is 0 Å². The number of H-pyrrole nitrogens is 1. The second kappa shape index (κ2) is 5.54. The van der Waals surface area contributed by atoms with Crippen LogP contribution < -0.4 is 11.1 Å². The Bertz CT molecular complexity index is 706. The van der Waals surface area contributed by atoms with Gasteiger partial charge in [-0.1, -0.05) is 23.4 Å². The van der Waals surface area contributed by atoms with Crippen molar-refractivity contribution < 1.29 is 0 Å². The maximum absolute atomic E-state index is 11.2. The molecule has 0 saturated heterocycles. The van der Waals surface area contributed by atoms with Crippen LogP contribution in [-0.2, 0) is 12.8 Å². The van der Waals surface area contributed by atoms with Gasteiger partial charge in [0.1, 0.15) is 11.0 Å². The van der Waals surface area contributed by atoms with E-state index in [2.05, 4.69) is 20.1 Å². The molecule has 2 aromatic rings. The third-order valence-corrected chi connectivity index (χ3v) is 3.37. The van der Waals surface area contributed by atoms with Crippen molar-refractivity contribution in [3.05, 3.63) is 43.4 Å². The summed E-state index contributed by atoms with van der Waals surface area (Å²) < 4.78 is 1.38.